The third kappa shape index (κ3) is 1.09. The second-order valence-electron chi connectivity index (χ2n) is 3.20. The molecule has 1 N–H and O–H groups in total. The van der Waals surface area contributed by atoms with Crippen molar-refractivity contribution in [2.24, 2.45) is 0 Å². The number of hydrogen-bond donors (Lipinski definition) is 1. The van der Waals surface area contributed by atoms with Crippen molar-refractivity contribution in [3.63, 3.8) is 0 Å². The van der Waals surface area contributed by atoms with Gasteiger partial charge in [-0.05, 0) is 23.5 Å². The molecule has 0 bridgehead atoms. The number of benzene rings is 1. The summed E-state index contributed by atoms with van der Waals surface area (Å²) in [6.45, 7) is 0. The van der Waals surface area contributed by atoms with Gasteiger partial charge in [-0.3, -0.25) is 4.79 Å². The summed E-state index contributed by atoms with van der Waals surface area (Å²) in [5.74, 6) is -0.437. The molecule has 1 aromatic rings. The van der Waals surface area contributed by atoms with Crippen molar-refractivity contribution in [3.8, 4) is 0 Å². The van der Waals surface area contributed by atoms with E-state index in [1.807, 2.05) is 18.2 Å². The molecular weight excluding hydrogens is 152 g/mol. The standard InChI is InChI=1S/C10H10O2/c11-10(12)6-8-5-7-3-1-2-4-9(7)8/h1-4,8H,5-6H2,(H,11,12)/t8-/m1/s1. The van der Waals surface area contributed by atoms with Gasteiger partial charge in [0.1, 0.15) is 0 Å². The molecule has 2 nitrogen and oxygen atoms in total. The summed E-state index contributed by atoms with van der Waals surface area (Å²) >= 11 is 0. The van der Waals surface area contributed by atoms with Crippen molar-refractivity contribution in [1.29, 1.82) is 0 Å². The molecule has 0 spiro atoms. The Hall–Kier alpha value is -1.31. The number of carbonyl (C=O) groups is 1. The van der Waals surface area contributed by atoms with E-state index in [9.17, 15) is 4.79 Å². The van der Waals surface area contributed by atoms with Gasteiger partial charge in [-0.1, -0.05) is 24.3 Å². The highest BCUT2D eigenvalue weighted by molar-refractivity contribution is 5.69. The lowest BCUT2D eigenvalue weighted by molar-refractivity contribution is -0.137. The van der Waals surface area contributed by atoms with Crippen molar-refractivity contribution < 1.29 is 9.90 Å². The van der Waals surface area contributed by atoms with Crippen LogP contribution in [0.3, 0.4) is 0 Å². The third-order valence-corrected chi connectivity index (χ3v) is 2.38. The first-order valence-corrected chi connectivity index (χ1v) is 4.07. The number of carboxylic acids is 1. The second kappa shape index (κ2) is 2.63. The first kappa shape index (κ1) is 7.35. The molecule has 0 fully saturated rings. The van der Waals surface area contributed by atoms with E-state index in [1.165, 1.54) is 11.1 Å². The van der Waals surface area contributed by atoms with Gasteiger partial charge >= 0.3 is 5.97 Å². The number of hydrogen-bond acceptors (Lipinski definition) is 1. The van der Waals surface area contributed by atoms with E-state index in [1.54, 1.807) is 0 Å². The molecule has 0 amide bonds. The molecule has 0 heterocycles. The highest BCUT2D eigenvalue weighted by atomic mass is 16.4. The number of fused-ring (bicyclic) bond motifs is 1. The van der Waals surface area contributed by atoms with Crippen molar-refractivity contribution in [3.05, 3.63) is 35.4 Å². The maximum Gasteiger partial charge on any atom is 0.303 e. The van der Waals surface area contributed by atoms with E-state index >= 15 is 0 Å². The third-order valence-electron chi connectivity index (χ3n) is 2.38. The summed E-state index contributed by atoms with van der Waals surface area (Å²) in [5, 5.41) is 8.57. The Morgan fingerprint density at radius 2 is 2.25 bits per heavy atom. The van der Waals surface area contributed by atoms with Gasteiger partial charge in [-0.2, -0.15) is 0 Å². The van der Waals surface area contributed by atoms with Crippen molar-refractivity contribution in [2.75, 3.05) is 0 Å². The molecule has 62 valence electrons. The normalized spacial score (nSPS) is 19.5. The Kier molecular flexibility index (Phi) is 1.61. The molecule has 1 atom stereocenters. The quantitative estimate of drug-likeness (QED) is 0.720. The predicted octanol–water partition coefficient (Wildman–Crippen LogP) is 1.80. The summed E-state index contributed by atoms with van der Waals surface area (Å²) in [4.78, 5) is 10.4. The molecule has 0 aromatic heterocycles. The molecule has 0 radical (unpaired) electrons. The molecule has 1 aliphatic rings. The van der Waals surface area contributed by atoms with Crippen LogP contribution in [0.25, 0.3) is 0 Å². The first-order chi connectivity index (χ1) is 5.77. The highest BCUT2D eigenvalue weighted by Crippen LogP contribution is 2.36. The van der Waals surface area contributed by atoms with Crippen LogP contribution in [-0.4, -0.2) is 11.1 Å². The van der Waals surface area contributed by atoms with Crippen LogP contribution in [0.5, 0.6) is 0 Å². The smallest absolute Gasteiger partial charge is 0.303 e. The Labute approximate surface area is 70.8 Å². The Bertz CT molecular complexity index is 317. The highest BCUT2D eigenvalue weighted by Gasteiger charge is 2.26. The maximum atomic E-state index is 10.4. The van der Waals surface area contributed by atoms with Gasteiger partial charge in [0.05, 0.1) is 6.42 Å². The summed E-state index contributed by atoms with van der Waals surface area (Å²) in [6, 6.07) is 8.04. The van der Waals surface area contributed by atoms with Gasteiger partial charge in [-0.25, -0.2) is 0 Å². The van der Waals surface area contributed by atoms with Crippen LogP contribution in [0.2, 0.25) is 0 Å². The zero-order chi connectivity index (χ0) is 8.55. The summed E-state index contributed by atoms with van der Waals surface area (Å²) < 4.78 is 0. The number of rotatable bonds is 2. The lowest BCUT2D eigenvalue weighted by Crippen LogP contribution is -2.19. The van der Waals surface area contributed by atoms with E-state index in [-0.39, 0.29) is 12.3 Å². The molecule has 0 saturated heterocycles. The van der Waals surface area contributed by atoms with Crippen LogP contribution in [0, 0.1) is 0 Å². The van der Waals surface area contributed by atoms with Gasteiger partial charge in [0.25, 0.3) is 0 Å². The summed E-state index contributed by atoms with van der Waals surface area (Å²) in [6.07, 6.45) is 1.21. The van der Waals surface area contributed by atoms with Gasteiger partial charge in [0, 0.05) is 0 Å². The Morgan fingerprint density at radius 3 is 2.92 bits per heavy atom. The zero-order valence-corrected chi connectivity index (χ0v) is 6.66. The van der Waals surface area contributed by atoms with E-state index in [0.717, 1.165) is 6.42 Å². The topological polar surface area (TPSA) is 37.3 Å². The fourth-order valence-corrected chi connectivity index (χ4v) is 1.76. The van der Waals surface area contributed by atoms with Crippen molar-refractivity contribution in [1.82, 2.24) is 0 Å². The Balaban J connectivity index is 2.15. The molecule has 0 saturated carbocycles. The fraction of sp³-hybridized carbons (Fsp3) is 0.300. The monoisotopic (exact) mass is 162 g/mol. The van der Waals surface area contributed by atoms with Crippen molar-refractivity contribution in [2.45, 2.75) is 18.8 Å². The molecule has 2 rings (SSSR count). The molecule has 0 unspecified atom stereocenters. The van der Waals surface area contributed by atoms with E-state index < -0.39 is 5.97 Å². The van der Waals surface area contributed by atoms with Crippen LogP contribution in [-0.2, 0) is 11.2 Å². The zero-order valence-electron chi connectivity index (χ0n) is 6.66. The minimum atomic E-state index is -0.700. The average Bonchev–Trinajstić information content (AvgIpc) is 2.00. The molecular formula is C10H10O2. The van der Waals surface area contributed by atoms with Crippen LogP contribution >= 0.6 is 0 Å². The predicted molar refractivity (Wildman–Crippen MR) is 45.1 cm³/mol. The van der Waals surface area contributed by atoms with Crippen LogP contribution < -0.4 is 0 Å². The van der Waals surface area contributed by atoms with Crippen LogP contribution in [0.1, 0.15) is 23.5 Å². The largest absolute Gasteiger partial charge is 0.481 e. The van der Waals surface area contributed by atoms with Gasteiger partial charge < -0.3 is 5.11 Å². The molecule has 1 aromatic carbocycles. The second-order valence-corrected chi connectivity index (χ2v) is 3.20. The summed E-state index contributed by atoms with van der Waals surface area (Å²) in [7, 11) is 0. The molecule has 0 aliphatic heterocycles. The first-order valence-electron chi connectivity index (χ1n) is 4.07. The Morgan fingerprint density at radius 1 is 1.50 bits per heavy atom. The van der Waals surface area contributed by atoms with Gasteiger partial charge in [0.15, 0.2) is 0 Å². The number of carboxylic acid groups (broad SMARTS) is 1. The molecule has 12 heavy (non-hydrogen) atoms. The van der Waals surface area contributed by atoms with Crippen molar-refractivity contribution >= 4 is 5.97 Å². The molecule has 2 heteroatoms. The number of aliphatic carboxylic acids is 1. The van der Waals surface area contributed by atoms with E-state index in [4.69, 9.17) is 5.11 Å². The maximum absolute atomic E-state index is 10.4. The van der Waals surface area contributed by atoms with E-state index in [2.05, 4.69) is 6.07 Å². The van der Waals surface area contributed by atoms with E-state index in [0.29, 0.717) is 0 Å². The van der Waals surface area contributed by atoms with Gasteiger partial charge in [0.2, 0.25) is 0 Å². The fourth-order valence-electron chi connectivity index (χ4n) is 1.76. The minimum Gasteiger partial charge on any atom is -0.481 e. The summed E-state index contributed by atoms with van der Waals surface area (Å²) in [5.41, 5.74) is 2.53. The lowest BCUT2D eigenvalue weighted by atomic mass is 9.76. The van der Waals surface area contributed by atoms with Gasteiger partial charge in [-0.15, -0.1) is 0 Å². The minimum absolute atomic E-state index is 0.263. The van der Waals surface area contributed by atoms with Crippen LogP contribution in [0.15, 0.2) is 24.3 Å². The van der Waals surface area contributed by atoms with Crippen LogP contribution in [0.4, 0.5) is 0 Å². The molecule has 1 aliphatic carbocycles. The lowest BCUT2D eigenvalue weighted by Gasteiger charge is -2.28. The average molecular weight is 162 g/mol. The SMILES string of the molecule is O=C(O)C[C@H]1Cc2ccccc21.